The number of pyridine rings is 1. The lowest BCUT2D eigenvalue weighted by Crippen LogP contribution is -2.47. The number of methoxy groups -OCH3 is 1. The van der Waals surface area contributed by atoms with Crippen molar-refractivity contribution in [3.63, 3.8) is 0 Å². The van der Waals surface area contributed by atoms with Crippen LogP contribution in [0.5, 0.6) is 5.88 Å². The summed E-state index contributed by atoms with van der Waals surface area (Å²) in [5.41, 5.74) is 0.458. The van der Waals surface area contributed by atoms with Gasteiger partial charge in [-0.25, -0.2) is 9.78 Å². The molecule has 1 unspecified atom stereocenters. The van der Waals surface area contributed by atoms with Crippen molar-refractivity contribution in [1.29, 1.82) is 0 Å². The zero-order chi connectivity index (χ0) is 17.3. The summed E-state index contributed by atoms with van der Waals surface area (Å²) in [6.45, 7) is 3.68. The van der Waals surface area contributed by atoms with Crippen molar-refractivity contribution >= 4 is 23.6 Å². The van der Waals surface area contributed by atoms with Gasteiger partial charge in [-0.05, 0) is 25.8 Å². The van der Waals surface area contributed by atoms with Crippen molar-refractivity contribution in [2.24, 2.45) is 0 Å². The van der Waals surface area contributed by atoms with E-state index in [-0.39, 0.29) is 29.3 Å². The Labute approximate surface area is 145 Å². The van der Waals surface area contributed by atoms with Crippen molar-refractivity contribution < 1.29 is 19.1 Å². The van der Waals surface area contributed by atoms with Gasteiger partial charge in [0.25, 0.3) is 5.91 Å². The number of halogens is 1. The first-order chi connectivity index (χ1) is 11.5. The largest absolute Gasteiger partial charge is 0.481 e. The zero-order valence-electron chi connectivity index (χ0n) is 13.7. The Morgan fingerprint density at radius 2 is 2.08 bits per heavy atom. The summed E-state index contributed by atoms with van der Waals surface area (Å²) in [5, 5.41) is 0.224. The van der Waals surface area contributed by atoms with Crippen LogP contribution in [0.15, 0.2) is 12.1 Å². The van der Waals surface area contributed by atoms with E-state index in [1.807, 2.05) is 6.92 Å². The first-order valence-corrected chi connectivity index (χ1v) is 8.34. The Bertz CT molecular complexity index is 646. The number of cyclic esters (lactones) is 1. The molecule has 24 heavy (non-hydrogen) atoms. The Morgan fingerprint density at radius 1 is 1.38 bits per heavy atom. The number of ether oxygens (including phenoxy) is 2. The van der Waals surface area contributed by atoms with Crippen LogP contribution < -0.4 is 4.74 Å². The molecular formula is C16H20ClN3O4. The highest BCUT2D eigenvalue weighted by atomic mass is 35.5. The van der Waals surface area contributed by atoms with E-state index in [1.54, 1.807) is 15.9 Å². The van der Waals surface area contributed by atoms with Gasteiger partial charge in [-0.2, -0.15) is 0 Å². The second-order valence-electron chi connectivity index (χ2n) is 6.09. The van der Waals surface area contributed by atoms with Gasteiger partial charge in [-0.1, -0.05) is 11.6 Å². The SMILES string of the molecule is COc1cc(C(=O)N2CCC(N3CC(C)OC3=O)CC2)cc(Cl)n1. The van der Waals surface area contributed by atoms with Crippen molar-refractivity contribution in [1.82, 2.24) is 14.8 Å². The molecule has 2 saturated heterocycles. The van der Waals surface area contributed by atoms with Gasteiger partial charge in [-0.3, -0.25) is 4.79 Å². The normalized spacial score (nSPS) is 21.8. The predicted molar refractivity (Wildman–Crippen MR) is 87.4 cm³/mol. The maximum absolute atomic E-state index is 12.6. The van der Waals surface area contributed by atoms with Crippen LogP contribution >= 0.6 is 11.6 Å². The number of likely N-dealkylation sites (tertiary alicyclic amines) is 1. The number of carbonyl (C=O) groups excluding carboxylic acids is 2. The summed E-state index contributed by atoms with van der Waals surface area (Å²) in [5.74, 6) is 0.211. The minimum atomic E-state index is -0.252. The summed E-state index contributed by atoms with van der Waals surface area (Å²) in [6, 6.07) is 3.25. The summed E-state index contributed by atoms with van der Waals surface area (Å²) >= 11 is 5.93. The first kappa shape index (κ1) is 16.8. The third kappa shape index (κ3) is 3.40. The molecule has 0 N–H and O–H groups in total. The molecule has 130 valence electrons. The second-order valence-corrected chi connectivity index (χ2v) is 6.48. The number of piperidine rings is 1. The Hall–Kier alpha value is -2.02. The number of nitrogens with zero attached hydrogens (tertiary/aromatic N) is 3. The van der Waals surface area contributed by atoms with Crippen molar-refractivity contribution in [3.05, 3.63) is 22.8 Å². The highest BCUT2D eigenvalue weighted by Crippen LogP contribution is 2.24. The summed E-state index contributed by atoms with van der Waals surface area (Å²) in [4.78, 5) is 32.0. The fourth-order valence-electron chi connectivity index (χ4n) is 3.19. The van der Waals surface area contributed by atoms with Gasteiger partial charge in [0.15, 0.2) is 0 Å². The van der Waals surface area contributed by atoms with E-state index < -0.39 is 0 Å². The number of rotatable bonds is 3. The van der Waals surface area contributed by atoms with E-state index in [9.17, 15) is 9.59 Å². The molecule has 7 nitrogen and oxygen atoms in total. The Morgan fingerprint density at radius 3 is 2.67 bits per heavy atom. The summed E-state index contributed by atoms with van der Waals surface area (Å²) in [7, 11) is 1.48. The molecule has 2 aliphatic heterocycles. The molecule has 0 radical (unpaired) electrons. The number of hydrogen-bond donors (Lipinski definition) is 0. The van der Waals surface area contributed by atoms with Gasteiger partial charge < -0.3 is 19.3 Å². The average Bonchev–Trinajstić information content (AvgIpc) is 2.92. The summed E-state index contributed by atoms with van der Waals surface area (Å²) < 4.78 is 10.2. The van der Waals surface area contributed by atoms with Gasteiger partial charge in [0.1, 0.15) is 11.3 Å². The molecule has 2 amide bonds. The zero-order valence-corrected chi connectivity index (χ0v) is 14.5. The van der Waals surface area contributed by atoms with Crippen LogP contribution in [0.3, 0.4) is 0 Å². The van der Waals surface area contributed by atoms with Gasteiger partial charge >= 0.3 is 6.09 Å². The third-order valence-electron chi connectivity index (χ3n) is 4.41. The minimum Gasteiger partial charge on any atom is -0.481 e. The van der Waals surface area contributed by atoms with Crippen LogP contribution in [0.25, 0.3) is 0 Å². The molecule has 0 saturated carbocycles. The lowest BCUT2D eigenvalue weighted by atomic mass is 10.0. The number of hydrogen-bond acceptors (Lipinski definition) is 5. The smallest absolute Gasteiger partial charge is 0.410 e. The summed E-state index contributed by atoms with van der Waals surface area (Å²) in [6.07, 6.45) is 1.16. The van der Waals surface area contributed by atoms with Crippen molar-refractivity contribution in [2.45, 2.75) is 31.9 Å². The standard InChI is InChI=1S/C16H20ClN3O4/c1-10-9-20(16(22)24-10)12-3-5-19(6-4-12)15(21)11-7-13(17)18-14(8-11)23-2/h7-8,10,12H,3-6,9H2,1-2H3. The molecule has 0 spiro atoms. The lowest BCUT2D eigenvalue weighted by molar-refractivity contribution is 0.0658. The fourth-order valence-corrected chi connectivity index (χ4v) is 3.39. The molecule has 2 aliphatic rings. The van der Waals surface area contributed by atoms with Crippen molar-refractivity contribution in [2.75, 3.05) is 26.7 Å². The fraction of sp³-hybridized carbons (Fsp3) is 0.562. The lowest BCUT2D eigenvalue weighted by Gasteiger charge is -2.35. The van der Waals surface area contributed by atoms with Crippen LogP contribution in [-0.4, -0.2) is 65.7 Å². The monoisotopic (exact) mass is 353 g/mol. The van der Waals surface area contributed by atoms with Gasteiger partial charge in [0, 0.05) is 30.8 Å². The maximum atomic E-state index is 12.6. The highest BCUT2D eigenvalue weighted by molar-refractivity contribution is 6.29. The third-order valence-corrected chi connectivity index (χ3v) is 4.60. The Balaban J connectivity index is 1.63. The van der Waals surface area contributed by atoms with Gasteiger partial charge in [0.05, 0.1) is 13.7 Å². The number of amides is 2. The van der Waals surface area contributed by atoms with E-state index in [1.165, 1.54) is 13.2 Å². The maximum Gasteiger partial charge on any atom is 0.410 e. The van der Waals surface area contributed by atoms with Crippen LogP contribution in [0.2, 0.25) is 5.15 Å². The molecule has 2 fully saturated rings. The van der Waals surface area contributed by atoms with Crippen LogP contribution in [-0.2, 0) is 4.74 Å². The molecule has 3 heterocycles. The molecule has 1 atom stereocenters. The molecule has 0 bridgehead atoms. The quantitative estimate of drug-likeness (QED) is 0.779. The first-order valence-electron chi connectivity index (χ1n) is 7.96. The predicted octanol–water partition coefficient (Wildman–Crippen LogP) is 2.19. The molecule has 0 aliphatic carbocycles. The molecule has 8 heteroatoms. The van der Waals surface area contributed by atoms with Crippen LogP contribution in [0, 0.1) is 0 Å². The topological polar surface area (TPSA) is 72.0 Å². The number of aromatic nitrogens is 1. The van der Waals surface area contributed by atoms with E-state index in [4.69, 9.17) is 21.1 Å². The van der Waals surface area contributed by atoms with Gasteiger partial charge in [-0.15, -0.1) is 0 Å². The molecule has 3 rings (SSSR count). The van der Waals surface area contributed by atoms with Crippen molar-refractivity contribution in [3.8, 4) is 5.88 Å². The number of carbonyl (C=O) groups is 2. The van der Waals surface area contributed by atoms with Gasteiger partial charge in [0.2, 0.25) is 5.88 Å². The molecule has 1 aromatic heterocycles. The average molecular weight is 354 g/mol. The highest BCUT2D eigenvalue weighted by Gasteiger charge is 2.36. The molecule has 0 aromatic carbocycles. The minimum absolute atomic E-state index is 0.0661. The van der Waals surface area contributed by atoms with Crippen LogP contribution in [0.4, 0.5) is 4.79 Å². The Kier molecular flexibility index (Phi) is 4.80. The molecule has 1 aromatic rings. The van der Waals surface area contributed by atoms with E-state index in [0.717, 1.165) is 12.8 Å². The van der Waals surface area contributed by atoms with E-state index in [0.29, 0.717) is 31.1 Å². The second kappa shape index (κ2) is 6.84. The molecular weight excluding hydrogens is 334 g/mol. The van der Waals surface area contributed by atoms with E-state index >= 15 is 0 Å². The van der Waals surface area contributed by atoms with E-state index in [2.05, 4.69) is 4.98 Å². The van der Waals surface area contributed by atoms with Crippen LogP contribution in [0.1, 0.15) is 30.1 Å².